The summed E-state index contributed by atoms with van der Waals surface area (Å²) >= 11 is 0. The number of hydrogen-bond donors (Lipinski definition) is 1. The lowest BCUT2D eigenvalue weighted by Crippen LogP contribution is -2.21. The van der Waals surface area contributed by atoms with Crippen molar-refractivity contribution in [1.29, 1.82) is 0 Å². The predicted octanol–water partition coefficient (Wildman–Crippen LogP) is 1.59. The summed E-state index contributed by atoms with van der Waals surface area (Å²) in [6.45, 7) is 6.84. The van der Waals surface area contributed by atoms with Gasteiger partial charge in [-0.3, -0.25) is 4.68 Å². The summed E-state index contributed by atoms with van der Waals surface area (Å²) < 4.78 is 7.06. The summed E-state index contributed by atoms with van der Waals surface area (Å²) in [5.41, 5.74) is 1.24. The lowest BCUT2D eigenvalue weighted by Gasteiger charge is -2.14. The van der Waals surface area contributed by atoms with Crippen molar-refractivity contribution in [3.05, 3.63) is 18.0 Å². The topological polar surface area (TPSA) is 39.1 Å². The second-order valence-corrected chi connectivity index (χ2v) is 3.69. The van der Waals surface area contributed by atoms with Gasteiger partial charge < -0.3 is 10.1 Å². The highest BCUT2D eigenvalue weighted by Gasteiger charge is 2.07. The standard InChI is InChI=1S/C11H21N3O/c1-4-10(2)14-11(5-6-13-14)9-12-7-8-15-3/h5-6,10,12H,4,7-9H2,1-3H3. The third kappa shape index (κ3) is 3.64. The highest BCUT2D eigenvalue weighted by molar-refractivity contribution is 5.01. The van der Waals surface area contributed by atoms with Crippen LogP contribution >= 0.6 is 0 Å². The summed E-state index contributed by atoms with van der Waals surface area (Å²) in [5.74, 6) is 0. The van der Waals surface area contributed by atoms with Crippen molar-refractivity contribution in [2.24, 2.45) is 0 Å². The van der Waals surface area contributed by atoms with Crippen LogP contribution in [0.4, 0.5) is 0 Å². The third-order valence-electron chi connectivity index (χ3n) is 2.55. The van der Waals surface area contributed by atoms with Gasteiger partial charge in [-0.15, -0.1) is 0 Å². The molecule has 4 nitrogen and oxygen atoms in total. The number of methoxy groups -OCH3 is 1. The molecule has 1 heterocycles. The fourth-order valence-electron chi connectivity index (χ4n) is 1.44. The predicted molar refractivity (Wildman–Crippen MR) is 60.8 cm³/mol. The minimum Gasteiger partial charge on any atom is -0.383 e. The molecule has 1 N–H and O–H groups in total. The van der Waals surface area contributed by atoms with Crippen LogP contribution in [0.15, 0.2) is 12.3 Å². The molecule has 0 spiro atoms. The molecule has 0 aliphatic rings. The molecule has 0 radical (unpaired) electrons. The molecule has 0 aromatic carbocycles. The molecule has 4 heteroatoms. The molecule has 1 unspecified atom stereocenters. The molecular formula is C11H21N3O. The number of hydrogen-bond acceptors (Lipinski definition) is 3. The van der Waals surface area contributed by atoms with E-state index in [9.17, 15) is 0 Å². The van der Waals surface area contributed by atoms with Gasteiger partial charge >= 0.3 is 0 Å². The average molecular weight is 211 g/mol. The van der Waals surface area contributed by atoms with Crippen molar-refractivity contribution in [2.45, 2.75) is 32.9 Å². The Labute approximate surface area is 91.6 Å². The van der Waals surface area contributed by atoms with Gasteiger partial charge in [-0.1, -0.05) is 6.92 Å². The van der Waals surface area contributed by atoms with Crippen LogP contribution in [-0.4, -0.2) is 30.0 Å². The molecule has 1 aromatic heterocycles. The molecule has 0 saturated heterocycles. The summed E-state index contributed by atoms with van der Waals surface area (Å²) in [4.78, 5) is 0. The zero-order valence-electron chi connectivity index (χ0n) is 9.86. The molecule has 0 bridgehead atoms. The number of nitrogens with one attached hydrogen (secondary N) is 1. The SMILES string of the molecule is CCC(C)n1nccc1CNCCOC. The second kappa shape index (κ2) is 6.58. The first-order chi connectivity index (χ1) is 7.29. The molecule has 0 fully saturated rings. The van der Waals surface area contributed by atoms with E-state index in [-0.39, 0.29) is 0 Å². The quantitative estimate of drug-likeness (QED) is 0.696. The van der Waals surface area contributed by atoms with Crippen LogP contribution in [0.5, 0.6) is 0 Å². The lowest BCUT2D eigenvalue weighted by atomic mass is 10.2. The van der Waals surface area contributed by atoms with Crippen molar-refractivity contribution in [3.8, 4) is 0 Å². The fourth-order valence-corrected chi connectivity index (χ4v) is 1.44. The van der Waals surface area contributed by atoms with Crippen molar-refractivity contribution in [3.63, 3.8) is 0 Å². The normalized spacial score (nSPS) is 13.0. The summed E-state index contributed by atoms with van der Waals surface area (Å²) in [5, 5.41) is 7.65. The second-order valence-electron chi connectivity index (χ2n) is 3.69. The number of rotatable bonds is 7. The number of nitrogens with zero attached hydrogens (tertiary/aromatic N) is 2. The molecule has 0 saturated carbocycles. The van der Waals surface area contributed by atoms with Crippen LogP contribution < -0.4 is 5.32 Å². The molecule has 1 rings (SSSR count). The van der Waals surface area contributed by atoms with Crippen molar-refractivity contribution < 1.29 is 4.74 Å². The molecular weight excluding hydrogens is 190 g/mol. The maximum absolute atomic E-state index is 4.98. The van der Waals surface area contributed by atoms with Crippen LogP contribution in [0, 0.1) is 0 Å². The van der Waals surface area contributed by atoms with Gasteiger partial charge in [0.2, 0.25) is 0 Å². The Kier molecular flexibility index (Phi) is 5.36. The minimum absolute atomic E-state index is 0.472. The zero-order valence-corrected chi connectivity index (χ0v) is 9.86. The third-order valence-corrected chi connectivity index (χ3v) is 2.55. The Hall–Kier alpha value is -0.870. The molecule has 15 heavy (non-hydrogen) atoms. The van der Waals surface area contributed by atoms with Crippen LogP contribution in [0.3, 0.4) is 0 Å². The average Bonchev–Trinajstić information content (AvgIpc) is 2.71. The summed E-state index contributed by atoms with van der Waals surface area (Å²) in [7, 11) is 1.71. The van der Waals surface area contributed by atoms with Gasteiger partial charge in [-0.05, 0) is 19.4 Å². The van der Waals surface area contributed by atoms with E-state index in [1.54, 1.807) is 7.11 Å². The van der Waals surface area contributed by atoms with Gasteiger partial charge in [0.1, 0.15) is 0 Å². The first-order valence-electron chi connectivity index (χ1n) is 5.51. The van der Waals surface area contributed by atoms with E-state index in [2.05, 4.69) is 35.0 Å². The maximum atomic E-state index is 4.98. The summed E-state index contributed by atoms with van der Waals surface area (Å²) in [6, 6.07) is 2.53. The van der Waals surface area contributed by atoms with Gasteiger partial charge in [0.05, 0.1) is 12.3 Å². The van der Waals surface area contributed by atoms with Gasteiger partial charge in [0.15, 0.2) is 0 Å². The van der Waals surface area contributed by atoms with E-state index in [0.717, 1.165) is 26.1 Å². The van der Waals surface area contributed by atoms with Crippen LogP contribution in [0.2, 0.25) is 0 Å². The van der Waals surface area contributed by atoms with Crippen molar-refractivity contribution in [2.75, 3.05) is 20.3 Å². The molecule has 0 amide bonds. The monoisotopic (exact) mass is 211 g/mol. The smallest absolute Gasteiger partial charge is 0.0587 e. The fraction of sp³-hybridized carbons (Fsp3) is 0.727. The van der Waals surface area contributed by atoms with E-state index >= 15 is 0 Å². The van der Waals surface area contributed by atoms with Crippen LogP contribution in [-0.2, 0) is 11.3 Å². The highest BCUT2D eigenvalue weighted by atomic mass is 16.5. The van der Waals surface area contributed by atoms with E-state index in [1.165, 1.54) is 5.69 Å². The van der Waals surface area contributed by atoms with E-state index < -0.39 is 0 Å². The van der Waals surface area contributed by atoms with Crippen LogP contribution in [0.1, 0.15) is 32.0 Å². The van der Waals surface area contributed by atoms with E-state index in [1.807, 2.05) is 6.20 Å². The molecule has 86 valence electrons. The minimum atomic E-state index is 0.472. The van der Waals surface area contributed by atoms with Gasteiger partial charge in [-0.25, -0.2) is 0 Å². The number of aromatic nitrogens is 2. The Balaban J connectivity index is 2.43. The molecule has 0 aliphatic heterocycles. The maximum Gasteiger partial charge on any atom is 0.0587 e. The van der Waals surface area contributed by atoms with Gasteiger partial charge in [-0.2, -0.15) is 5.10 Å². The molecule has 1 aromatic rings. The van der Waals surface area contributed by atoms with Crippen molar-refractivity contribution in [1.82, 2.24) is 15.1 Å². The Bertz CT molecular complexity index is 273. The van der Waals surface area contributed by atoms with Gasteiger partial charge in [0.25, 0.3) is 0 Å². The number of ether oxygens (including phenoxy) is 1. The van der Waals surface area contributed by atoms with E-state index in [0.29, 0.717) is 6.04 Å². The largest absolute Gasteiger partial charge is 0.383 e. The Morgan fingerprint density at radius 2 is 2.40 bits per heavy atom. The Morgan fingerprint density at radius 1 is 1.60 bits per heavy atom. The zero-order chi connectivity index (χ0) is 11.1. The lowest BCUT2D eigenvalue weighted by molar-refractivity contribution is 0.198. The van der Waals surface area contributed by atoms with Crippen molar-refractivity contribution >= 4 is 0 Å². The first kappa shape index (κ1) is 12.2. The molecule has 0 aliphatic carbocycles. The van der Waals surface area contributed by atoms with Crippen LogP contribution in [0.25, 0.3) is 0 Å². The molecule has 1 atom stereocenters. The highest BCUT2D eigenvalue weighted by Crippen LogP contribution is 2.11. The van der Waals surface area contributed by atoms with Gasteiger partial charge in [0, 0.05) is 32.4 Å². The summed E-state index contributed by atoms with van der Waals surface area (Å²) in [6.07, 6.45) is 2.96. The Morgan fingerprint density at radius 3 is 3.07 bits per heavy atom. The van der Waals surface area contributed by atoms with E-state index in [4.69, 9.17) is 4.74 Å². The first-order valence-corrected chi connectivity index (χ1v) is 5.51.